The van der Waals surface area contributed by atoms with E-state index in [1.54, 1.807) is 43.0 Å². The summed E-state index contributed by atoms with van der Waals surface area (Å²) in [6.45, 7) is 42.2. The smallest absolute Gasteiger partial charge is 0.264 e. The van der Waals surface area contributed by atoms with E-state index in [4.69, 9.17) is 0 Å². The van der Waals surface area contributed by atoms with Gasteiger partial charge in [-0.05, 0) is 177 Å². The Morgan fingerprint density at radius 1 is 0.516 bits per heavy atom. The van der Waals surface area contributed by atoms with Gasteiger partial charge in [0.2, 0.25) is 0 Å². The van der Waals surface area contributed by atoms with Crippen LogP contribution in [-0.2, 0) is 37.9 Å². The molecule has 11 rings (SSSR count). The van der Waals surface area contributed by atoms with Crippen LogP contribution in [-0.4, -0.2) is 6.71 Å². The molecule has 0 N–H and O–H groups in total. The van der Waals surface area contributed by atoms with Crippen molar-refractivity contribution < 1.29 is 0 Å². The number of hydrogen-bond acceptors (Lipinski definition) is 3. The van der Waals surface area contributed by atoms with Crippen molar-refractivity contribution in [3.8, 4) is 0 Å². The van der Waals surface area contributed by atoms with Crippen LogP contribution in [0.1, 0.15) is 196 Å². The molecular formula is C58H71BN2S. The Balaban J connectivity index is 1.31. The Morgan fingerprint density at radius 3 is 1.69 bits per heavy atom. The molecule has 3 aliphatic carbocycles. The summed E-state index contributed by atoms with van der Waals surface area (Å²) in [6.07, 6.45) is 7.21. The molecule has 6 aliphatic rings. The molecule has 0 bridgehead atoms. The van der Waals surface area contributed by atoms with Crippen molar-refractivity contribution in [2.24, 2.45) is 0 Å². The van der Waals surface area contributed by atoms with Gasteiger partial charge in [-0.15, -0.1) is 0 Å². The van der Waals surface area contributed by atoms with Gasteiger partial charge in [-0.2, -0.15) is 11.3 Å². The molecule has 1 aromatic heterocycles. The maximum atomic E-state index is 2.83. The van der Waals surface area contributed by atoms with Gasteiger partial charge in [-0.25, -0.2) is 0 Å². The molecule has 0 fully saturated rings. The topological polar surface area (TPSA) is 6.48 Å². The third-order valence-corrected chi connectivity index (χ3v) is 19.4. The molecule has 322 valence electrons. The number of hydrogen-bond donors (Lipinski definition) is 0. The summed E-state index contributed by atoms with van der Waals surface area (Å²) in [5.74, 6) is 0. The van der Waals surface area contributed by atoms with Crippen LogP contribution in [0.15, 0.2) is 48.5 Å². The van der Waals surface area contributed by atoms with Gasteiger partial charge < -0.3 is 9.80 Å². The summed E-state index contributed by atoms with van der Waals surface area (Å²) in [5.41, 5.74) is 27.0. The second-order valence-corrected chi connectivity index (χ2v) is 26.7. The maximum Gasteiger partial charge on any atom is 0.264 e. The Bertz CT molecular complexity index is 2810. The minimum absolute atomic E-state index is 0.0521. The van der Waals surface area contributed by atoms with E-state index in [0.29, 0.717) is 0 Å². The highest BCUT2D eigenvalue weighted by molar-refractivity contribution is 7.29. The summed E-state index contributed by atoms with van der Waals surface area (Å²) in [5, 5.41) is 0. The number of rotatable bonds is 1. The zero-order chi connectivity index (χ0) is 44.4. The molecule has 0 saturated carbocycles. The number of thiophene rings is 1. The Hall–Kier alpha value is -3.76. The van der Waals surface area contributed by atoms with Crippen molar-refractivity contribution in [2.45, 2.75) is 194 Å². The second-order valence-electron chi connectivity index (χ2n) is 25.6. The molecule has 4 heteroatoms. The van der Waals surface area contributed by atoms with Gasteiger partial charge in [-0.3, -0.25) is 0 Å². The molecule has 1 atom stereocenters. The fourth-order valence-electron chi connectivity index (χ4n) is 13.7. The first-order valence-electron chi connectivity index (χ1n) is 24.1. The lowest BCUT2D eigenvalue weighted by Gasteiger charge is -2.55. The van der Waals surface area contributed by atoms with E-state index in [2.05, 4.69) is 187 Å². The number of aryl methyl sites for hydroxylation is 3. The summed E-state index contributed by atoms with van der Waals surface area (Å²) < 4.78 is 1.56. The highest BCUT2D eigenvalue weighted by atomic mass is 32.1. The van der Waals surface area contributed by atoms with Crippen LogP contribution in [0.4, 0.5) is 34.1 Å². The summed E-state index contributed by atoms with van der Waals surface area (Å²) in [6, 6.07) is 20.8. The molecule has 0 radical (unpaired) electrons. The summed E-state index contributed by atoms with van der Waals surface area (Å²) in [4.78, 5) is 7.26. The van der Waals surface area contributed by atoms with Crippen LogP contribution in [0.3, 0.4) is 0 Å². The lowest BCUT2D eigenvalue weighted by atomic mass is 9.35. The minimum Gasteiger partial charge on any atom is -0.311 e. The Morgan fingerprint density at radius 2 is 1.06 bits per heavy atom. The third kappa shape index (κ3) is 5.17. The maximum absolute atomic E-state index is 2.83. The zero-order valence-electron chi connectivity index (χ0n) is 41.2. The van der Waals surface area contributed by atoms with E-state index in [9.17, 15) is 0 Å². The average molecular weight is 839 g/mol. The van der Waals surface area contributed by atoms with Crippen LogP contribution < -0.4 is 25.5 Å². The SMILES string of the molecule is Cc1cc2c3c(c1)N(c1c(C)cc(C(C)(C)C)cc1C)c1c(sc4c1C(C)(C)CCC4(C)C)B3c1ccc3c4c1N2c1cc2c(cc1C4(C)CCC3(C)C)C(C)(C)CCC2(C)C. The second kappa shape index (κ2) is 12.1. The monoisotopic (exact) mass is 839 g/mol. The quantitative estimate of drug-likeness (QED) is 0.152. The van der Waals surface area contributed by atoms with Crippen molar-refractivity contribution in [3.05, 3.63) is 109 Å². The van der Waals surface area contributed by atoms with E-state index >= 15 is 0 Å². The molecule has 2 nitrogen and oxygen atoms in total. The molecule has 4 heterocycles. The fraction of sp³-hybridized carbons (Fsp3) is 0.517. The molecule has 5 aromatic rings. The molecule has 0 spiro atoms. The molecule has 4 aromatic carbocycles. The van der Waals surface area contributed by atoms with Crippen LogP contribution >= 0.6 is 11.3 Å². The summed E-state index contributed by atoms with van der Waals surface area (Å²) >= 11 is 2.17. The molecule has 3 aliphatic heterocycles. The zero-order valence-corrected chi connectivity index (χ0v) is 42.1. The number of benzene rings is 4. The minimum atomic E-state index is -0.0793. The first-order valence-corrected chi connectivity index (χ1v) is 24.9. The normalized spacial score (nSPS) is 23.5. The largest absolute Gasteiger partial charge is 0.311 e. The molecule has 0 amide bonds. The van der Waals surface area contributed by atoms with Crippen molar-refractivity contribution in [1.82, 2.24) is 0 Å². The molecule has 0 saturated heterocycles. The number of anilines is 6. The third-order valence-electron chi connectivity index (χ3n) is 17.8. The summed E-state index contributed by atoms with van der Waals surface area (Å²) in [7, 11) is 0. The van der Waals surface area contributed by atoms with E-state index in [0.717, 1.165) is 0 Å². The van der Waals surface area contributed by atoms with Crippen molar-refractivity contribution in [1.29, 1.82) is 0 Å². The van der Waals surface area contributed by atoms with E-state index in [1.807, 2.05) is 0 Å². The van der Waals surface area contributed by atoms with Crippen LogP contribution in [0.5, 0.6) is 0 Å². The predicted molar refractivity (Wildman–Crippen MR) is 271 cm³/mol. The van der Waals surface area contributed by atoms with Gasteiger partial charge in [0.1, 0.15) is 0 Å². The highest BCUT2D eigenvalue weighted by Gasteiger charge is 2.56. The molecule has 62 heavy (non-hydrogen) atoms. The first kappa shape index (κ1) is 41.0. The van der Waals surface area contributed by atoms with Crippen LogP contribution in [0, 0.1) is 20.8 Å². The standard InChI is InChI=1S/C58H71BN2S/c1-32-26-42-46-43(27-32)61(47-33(2)28-35(29-34(47)3)52(4,5)6)49-45-50(57(15,16)23-22-56(45,13)14)62-51(49)59(46)40-19-18-36-44-48(40)60(42)41-31-38-37(54(9,10)20-21-55(38,11)12)30-39(41)58(44,17)25-24-53(36,7)8/h18-19,26-31H,20-25H2,1-17H3. The van der Waals surface area contributed by atoms with Gasteiger partial charge in [-0.1, -0.05) is 127 Å². The van der Waals surface area contributed by atoms with E-state index < -0.39 is 0 Å². The predicted octanol–water partition coefficient (Wildman–Crippen LogP) is 14.4. The Labute approximate surface area is 379 Å². The van der Waals surface area contributed by atoms with Gasteiger partial charge >= 0.3 is 0 Å². The first-order chi connectivity index (χ1) is 28.7. The lowest BCUT2D eigenvalue weighted by molar-refractivity contribution is 0.327. The van der Waals surface area contributed by atoms with E-state index in [-0.39, 0.29) is 44.6 Å². The van der Waals surface area contributed by atoms with Crippen LogP contribution in [0.2, 0.25) is 0 Å². The van der Waals surface area contributed by atoms with Gasteiger partial charge in [0.05, 0.1) is 17.1 Å². The highest BCUT2D eigenvalue weighted by Crippen LogP contribution is 2.64. The lowest BCUT2D eigenvalue weighted by Crippen LogP contribution is -2.62. The van der Waals surface area contributed by atoms with Crippen molar-refractivity contribution in [3.63, 3.8) is 0 Å². The average Bonchev–Trinajstić information content (AvgIpc) is 3.59. The van der Waals surface area contributed by atoms with Gasteiger partial charge in [0.15, 0.2) is 0 Å². The van der Waals surface area contributed by atoms with Crippen molar-refractivity contribution >= 4 is 67.9 Å². The Kier molecular flexibility index (Phi) is 8.01. The van der Waals surface area contributed by atoms with Gasteiger partial charge in [0.25, 0.3) is 6.71 Å². The van der Waals surface area contributed by atoms with E-state index in [1.165, 1.54) is 106 Å². The number of fused-ring (bicyclic) bond motifs is 10. The van der Waals surface area contributed by atoms with Crippen LogP contribution in [0.25, 0.3) is 0 Å². The van der Waals surface area contributed by atoms with Crippen molar-refractivity contribution in [2.75, 3.05) is 9.80 Å². The van der Waals surface area contributed by atoms with Gasteiger partial charge in [0, 0.05) is 32.1 Å². The molecular weight excluding hydrogens is 768 g/mol. The molecule has 1 unspecified atom stereocenters. The number of nitrogens with zero attached hydrogens (tertiary/aromatic N) is 2. The fourth-order valence-corrected chi connectivity index (χ4v) is 15.4.